The van der Waals surface area contributed by atoms with Crippen LogP contribution in [-0.4, -0.2) is 37.2 Å². The lowest BCUT2D eigenvalue weighted by atomic mass is 10.0. The molecule has 0 saturated heterocycles. The summed E-state index contributed by atoms with van der Waals surface area (Å²) in [4.78, 5) is 38.4. The van der Waals surface area contributed by atoms with Gasteiger partial charge in [0.1, 0.15) is 13.2 Å². The van der Waals surface area contributed by atoms with Gasteiger partial charge in [0, 0.05) is 19.3 Å². The Hall–Kier alpha value is -2.11. The van der Waals surface area contributed by atoms with Crippen LogP contribution in [0.1, 0.15) is 412 Å². The molecule has 0 fully saturated rings. The van der Waals surface area contributed by atoms with Gasteiger partial charge in [0.2, 0.25) is 0 Å². The fraction of sp³-hybridized carbons (Fsp3) is 0.905. The molecule has 6 nitrogen and oxygen atoms in total. The highest BCUT2D eigenvalue weighted by Gasteiger charge is 2.19. The van der Waals surface area contributed by atoms with Crippen LogP contribution < -0.4 is 0 Å². The molecule has 0 N–H and O–H groups in total. The molecular weight excluding hydrogens is 985 g/mol. The van der Waals surface area contributed by atoms with Crippen LogP contribution in [0.2, 0.25) is 0 Å². The molecule has 0 spiro atoms. The van der Waals surface area contributed by atoms with Crippen LogP contribution in [0.25, 0.3) is 0 Å². The number of unbranched alkanes of at least 4 members (excludes halogenated alkanes) is 53. The summed E-state index contributed by atoms with van der Waals surface area (Å²) >= 11 is 0. The van der Waals surface area contributed by atoms with Gasteiger partial charge in [-0.15, -0.1) is 0 Å². The number of allylic oxidation sites excluding steroid dienone is 4. The molecule has 80 heavy (non-hydrogen) atoms. The van der Waals surface area contributed by atoms with E-state index in [0.29, 0.717) is 19.3 Å². The number of carbonyl (C=O) groups is 3. The second-order valence-corrected chi connectivity index (χ2v) is 24.9. The Morgan fingerprint density at radius 1 is 0.237 bits per heavy atom. The lowest BCUT2D eigenvalue weighted by molar-refractivity contribution is -0.167. The molecule has 0 aliphatic carbocycles. The Morgan fingerprint density at radius 3 is 0.625 bits per heavy atom. The van der Waals surface area contributed by atoms with Gasteiger partial charge < -0.3 is 14.2 Å². The molecule has 0 aliphatic heterocycles. The number of carbonyl (C=O) groups excluding carboxylic acids is 3. The SMILES string of the molecule is CCCCCCCCCC/C=C\CCCCCCCCCCCCCCCCCCCC(=O)OCC(COC(=O)CCCCCCCCCCCCCC)OC(=O)CCCCCCCCCCC/C=C\CCCCCCCCCC. The molecule has 0 aromatic rings. The maximum Gasteiger partial charge on any atom is 0.306 e. The minimum atomic E-state index is -0.769. The summed E-state index contributed by atoms with van der Waals surface area (Å²) < 4.78 is 17.0. The molecule has 472 valence electrons. The Labute approximate surface area is 500 Å². The average molecular weight is 1130 g/mol. The number of esters is 3. The van der Waals surface area contributed by atoms with E-state index >= 15 is 0 Å². The first-order valence-electron chi connectivity index (χ1n) is 36.3. The Bertz CT molecular complexity index is 1290. The molecule has 0 aromatic carbocycles. The fourth-order valence-corrected chi connectivity index (χ4v) is 11.2. The van der Waals surface area contributed by atoms with Gasteiger partial charge in [-0.25, -0.2) is 0 Å². The molecule has 0 bridgehead atoms. The zero-order chi connectivity index (χ0) is 57.8. The molecule has 0 aliphatic rings. The van der Waals surface area contributed by atoms with Crippen LogP contribution in [-0.2, 0) is 28.6 Å². The monoisotopic (exact) mass is 1130 g/mol. The lowest BCUT2D eigenvalue weighted by Crippen LogP contribution is -2.30. The van der Waals surface area contributed by atoms with E-state index in [-0.39, 0.29) is 31.1 Å². The van der Waals surface area contributed by atoms with E-state index in [9.17, 15) is 14.4 Å². The zero-order valence-electron chi connectivity index (χ0n) is 54.4. The molecule has 0 heterocycles. The minimum Gasteiger partial charge on any atom is -0.462 e. The second-order valence-electron chi connectivity index (χ2n) is 24.9. The van der Waals surface area contributed by atoms with Gasteiger partial charge >= 0.3 is 17.9 Å². The van der Waals surface area contributed by atoms with Gasteiger partial charge in [0.05, 0.1) is 0 Å². The highest BCUT2D eigenvalue weighted by molar-refractivity contribution is 5.71. The van der Waals surface area contributed by atoms with E-state index < -0.39 is 6.10 Å². The number of hydrogen-bond donors (Lipinski definition) is 0. The molecular formula is C74H140O6. The van der Waals surface area contributed by atoms with E-state index in [4.69, 9.17) is 14.2 Å². The Morgan fingerprint density at radius 2 is 0.412 bits per heavy atom. The molecule has 6 heteroatoms. The van der Waals surface area contributed by atoms with Gasteiger partial charge in [-0.1, -0.05) is 347 Å². The van der Waals surface area contributed by atoms with Crippen LogP contribution in [0.4, 0.5) is 0 Å². The normalized spacial score (nSPS) is 12.1. The van der Waals surface area contributed by atoms with Crippen LogP contribution in [0.5, 0.6) is 0 Å². The molecule has 1 unspecified atom stereocenters. The number of ether oxygens (including phenoxy) is 3. The largest absolute Gasteiger partial charge is 0.462 e. The first-order valence-corrected chi connectivity index (χ1v) is 36.3. The van der Waals surface area contributed by atoms with Crippen LogP contribution >= 0.6 is 0 Å². The average Bonchev–Trinajstić information content (AvgIpc) is 3.46. The van der Waals surface area contributed by atoms with Crippen molar-refractivity contribution in [2.75, 3.05) is 13.2 Å². The summed E-state index contributed by atoms with van der Waals surface area (Å²) in [6, 6.07) is 0. The summed E-state index contributed by atoms with van der Waals surface area (Å²) in [6.07, 6.45) is 85.1. The van der Waals surface area contributed by atoms with E-state index in [1.165, 1.54) is 315 Å². The first-order chi connectivity index (χ1) is 39.5. The maximum atomic E-state index is 12.9. The summed E-state index contributed by atoms with van der Waals surface area (Å²) in [7, 11) is 0. The smallest absolute Gasteiger partial charge is 0.306 e. The predicted octanol–water partition coefficient (Wildman–Crippen LogP) is 25.0. The van der Waals surface area contributed by atoms with Gasteiger partial charge in [0.15, 0.2) is 6.10 Å². The Kier molecular flexibility index (Phi) is 67.6. The predicted molar refractivity (Wildman–Crippen MR) is 349 cm³/mol. The maximum absolute atomic E-state index is 12.9. The van der Waals surface area contributed by atoms with E-state index in [1.54, 1.807) is 0 Å². The van der Waals surface area contributed by atoms with Gasteiger partial charge in [-0.3, -0.25) is 14.4 Å². The van der Waals surface area contributed by atoms with Crippen molar-refractivity contribution in [3.05, 3.63) is 24.3 Å². The fourth-order valence-electron chi connectivity index (χ4n) is 11.2. The van der Waals surface area contributed by atoms with Crippen molar-refractivity contribution < 1.29 is 28.6 Å². The third-order valence-corrected chi connectivity index (χ3v) is 16.7. The van der Waals surface area contributed by atoms with E-state index in [2.05, 4.69) is 45.1 Å². The van der Waals surface area contributed by atoms with Crippen LogP contribution in [0.3, 0.4) is 0 Å². The number of hydrogen-bond acceptors (Lipinski definition) is 6. The zero-order valence-corrected chi connectivity index (χ0v) is 54.4. The van der Waals surface area contributed by atoms with Gasteiger partial charge in [-0.05, 0) is 70.6 Å². The summed E-state index contributed by atoms with van der Waals surface area (Å²) in [5, 5.41) is 0. The van der Waals surface area contributed by atoms with Crippen LogP contribution in [0, 0.1) is 0 Å². The third-order valence-electron chi connectivity index (χ3n) is 16.7. The number of rotatable bonds is 68. The van der Waals surface area contributed by atoms with E-state index in [0.717, 1.165) is 57.8 Å². The molecule has 0 radical (unpaired) electrons. The van der Waals surface area contributed by atoms with Crippen molar-refractivity contribution in [2.24, 2.45) is 0 Å². The quantitative estimate of drug-likeness (QED) is 0.0261. The standard InChI is InChI=1S/C74H140O6/c1-4-7-10-13-16-19-22-25-27-29-31-33-34-35-36-37-38-39-40-42-43-45-47-49-52-55-58-61-64-67-73(76)79-70-71(69-78-72(75)66-63-60-57-54-51-24-21-18-15-12-9-6-3)80-74(77)68-65-62-59-56-53-50-48-46-44-41-32-30-28-26-23-20-17-14-11-8-5-2/h29-32,71H,4-28,33-70H2,1-3H3/b31-29-,32-30-. The Balaban J connectivity index is 4.16. The highest BCUT2D eigenvalue weighted by Crippen LogP contribution is 2.19. The minimum absolute atomic E-state index is 0.0657. The van der Waals surface area contributed by atoms with Crippen LogP contribution in [0.15, 0.2) is 24.3 Å². The second kappa shape index (κ2) is 69.4. The van der Waals surface area contributed by atoms with Gasteiger partial charge in [-0.2, -0.15) is 0 Å². The molecule has 1 atom stereocenters. The van der Waals surface area contributed by atoms with Crippen molar-refractivity contribution in [3.63, 3.8) is 0 Å². The van der Waals surface area contributed by atoms with E-state index in [1.807, 2.05) is 0 Å². The lowest BCUT2D eigenvalue weighted by Gasteiger charge is -2.18. The third kappa shape index (κ3) is 66.7. The molecule has 0 saturated carbocycles. The summed E-state index contributed by atoms with van der Waals surface area (Å²) in [5.41, 5.74) is 0. The molecule has 0 aromatic heterocycles. The van der Waals surface area contributed by atoms with Crippen molar-refractivity contribution >= 4 is 17.9 Å². The van der Waals surface area contributed by atoms with Gasteiger partial charge in [0.25, 0.3) is 0 Å². The first kappa shape index (κ1) is 77.9. The van der Waals surface area contributed by atoms with Crippen molar-refractivity contribution in [1.29, 1.82) is 0 Å². The molecule has 0 amide bonds. The van der Waals surface area contributed by atoms with Crippen molar-refractivity contribution in [1.82, 2.24) is 0 Å². The van der Waals surface area contributed by atoms with Crippen molar-refractivity contribution in [3.8, 4) is 0 Å². The molecule has 0 rings (SSSR count). The van der Waals surface area contributed by atoms with Crippen molar-refractivity contribution in [2.45, 2.75) is 419 Å². The highest BCUT2D eigenvalue weighted by atomic mass is 16.6. The topological polar surface area (TPSA) is 78.9 Å². The summed E-state index contributed by atoms with van der Waals surface area (Å²) in [5.74, 6) is -0.836. The summed E-state index contributed by atoms with van der Waals surface area (Å²) in [6.45, 7) is 6.71.